The molecule has 0 saturated heterocycles. The van der Waals surface area contributed by atoms with Gasteiger partial charge in [0.05, 0.1) is 0 Å². The van der Waals surface area contributed by atoms with E-state index in [9.17, 15) is 0 Å². The maximum Gasteiger partial charge on any atom is 0.0434 e. The molecule has 0 saturated carbocycles. The van der Waals surface area contributed by atoms with E-state index in [0.29, 0.717) is 0 Å². The molecule has 1 aromatic rings. The molecular formula is C9H16NOP. The Kier molecular flexibility index (Phi) is 8.35. The van der Waals surface area contributed by atoms with Crippen LogP contribution in [-0.4, -0.2) is 11.7 Å². The van der Waals surface area contributed by atoms with E-state index in [1.807, 2.05) is 27.6 Å². The maximum absolute atomic E-state index is 8.53. The number of hydrogen-bond acceptors (Lipinski definition) is 2. The molecule has 0 radical (unpaired) electrons. The van der Waals surface area contributed by atoms with Crippen molar-refractivity contribution in [1.82, 2.24) is 0 Å². The van der Waals surface area contributed by atoms with E-state index >= 15 is 0 Å². The van der Waals surface area contributed by atoms with Gasteiger partial charge in [-0.15, -0.1) is 0 Å². The Bertz CT molecular complexity index is 179. The van der Waals surface area contributed by atoms with Crippen molar-refractivity contribution in [1.29, 1.82) is 0 Å². The highest BCUT2D eigenvalue weighted by atomic mass is 31.0. The van der Waals surface area contributed by atoms with E-state index in [2.05, 4.69) is 17.6 Å². The standard InChI is InChI=1S/C9H12O.H4NP/c10-8-4-7-9-5-2-1-3-6-9;1-2/h1-3,5-6,10H,4,7-8H2;1-2H2. The van der Waals surface area contributed by atoms with Crippen molar-refractivity contribution in [3.8, 4) is 0 Å². The molecule has 1 atom stereocenters. The Morgan fingerprint density at radius 3 is 2.25 bits per heavy atom. The Labute approximate surface area is 76.1 Å². The van der Waals surface area contributed by atoms with Gasteiger partial charge in [-0.2, -0.15) is 0 Å². The summed E-state index contributed by atoms with van der Waals surface area (Å²) < 4.78 is 0. The summed E-state index contributed by atoms with van der Waals surface area (Å²) in [6.45, 7) is 0.287. The number of aliphatic hydroxyl groups excluding tert-OH is 1. The monoisotopic (exact) mass is 185 g/mol. The summed E-state index contributed by atoms with van der Waals surface area (Å²) >= 11 is 0. The molecule has 0 aromatic heterocycles. The molecule has 0 spiro atoms. The fourth-order valence-electron chi connectivity index (χ4n) is 0.928. The third-order valence-corrected chi connectivity index (χ3v) is 1.47. The highest BCUT2D eigenvalue weighted by Gasteiger charge is 1.87. The smallest absolute Gasteiger partial charge is 0.0434 e. The predicted molar refractivity (Wildman–Crippen MR) is 55.7 cm³/mol. The van der Waals surface area contributed by atoms with Crippen molar-refractivity contribution in [2.45, 2.75) is 12.8 Å². The van der Waals surface area contributed by atoms with Crippen molar-refractivity contribution in [2.75, 3.05) is 6.61 Å². The molecule has 3 heteroatoms. The van der Waals surface area contributed by atoms with Gasteiger partial charge in [0.25, 0.3) is 0 Å². The van der Waals surface area contributed by atoms with Gasteiger partial charge in [0.2, 0.25) is 0 Å². The van der Waals surface area contributed by atoms with Gasteiger partial charge in [-0.25, -0.2) is 0 Å². The van der Waals surface area contributed by atoms with E-state index in [1.165, 1.54) is 5.56 Å². The summed E-state index contributed by atoms with van der Waals surface area (Å²) in [5.41, 5.74) is 5.72. The molecule has 0 bridgehead atoms. The number of rotatable bonds is 3. The summed E-state index contributed by atoms with van der Waals surface area (Å²) in [5.74, 6) is 0. The van der Waals surface area contributed by atoms with Gasteiger partial charge in [-0.05, 0) is 18.4 Å². The Hall–Kier alpha value is -0.430. The predicted octanol–water partition coefficient (Wildman–Crippen LogP) is 1.35. The topological polar surface area (TPSA) is 46.2 Å². The third kappa shape index (κ3) is 5.25. The van der Waals surface area contributed by atoms with Crippen LogP contribution >= 0.6 is 9.39 Å². The van der Waals surface area contributed by atoms with Crippen molar-refractivity contribution >= 4 is 9.39 Å². The molecule has 0 aliphatic heterocycles. The molecule has 68 valence electrons. The van der Waals surface area contributed by atoms with Crippen LogP contribution in [0.4, 0.5) is 0 Å². The zero-order valence-electron chi connectivity index (χ0n) is 7.11. The van der Waals surface area contributed by atoms with E-state index in [-0.39, 0.29) is 6.61 Å². The molecule has 1 unspecified atom stereocenters. The second-order valence-electron chi connectivity index (χ2n) is 2.31. The van der Waals surface area contributed by atoms with E-state index < -0.39 is 0 Å². The van der Waals surface area contributed by atoms with Gasteiger partial charge >= 0.3 is 0 Å². The largest absolute Gasteiger partial charge is 0.396 e. The average Bonchev–Trinajstić information content (AvgIpc) is 2.19. The fourth-order valence-corrected chi connectivity index (χ4v) is 0.928. The van der Waals surface area contributed by atoms with Crippen molar-refractivity contribution < 1.29 is 5.11 Å². The molecule has 12 heavy (non-hydrogen) atoms. The van der Waals surface area contributed by atoms with Crippen LogP contribution in [0.2, 0.25) is 0 Å². The number of aliphatic hydroxyl groups is 1. The lowest BCUT2D eigenvalue weighted by Gasteiger charge is -1.96. The maximum atomic E-state index is 8.53. The molecule has 1 rings (SSSR count). The normalized spacial score (nSPS) is 8.58. The van der Waals surface area contributed by atoms with Gasteiger partial charge in [-0.3, -0.25) is 0 Å². The summed E-state index contributed by atoms with van der Waals surface area (Å²) in [6, 6.07) is 10.2. The number of benzene rings is 1. The molecule has 0 aliphatic carbocycles. The Morgan fingerprint density at radius 1 is 1.17 bits per heavy atom. The lowest BCUT2D eigenvalue weighted by atomic mass is 10.1. The first-order chi connectivity index (χ1) is 5.93. The van der Waals surface area contributed by atoms with Crippen LogP contribution in [0.25, 0.3) is 0 Å². The van der Waals surface area contributed by atoms with E-state index in [1.54, 1.807) is 0 Å². The summed E-state index contributed by atoms with van der Waals surface area (Å²) in [6.07, 6.45) is 1.85. The van der Waals surface area contributed by atoms with Crippen LogP contribution in [-0.2, 0) is 6.42 Å². The van der Waals surface area contributed by atoms with Crippen LogP contribution in [0.1, 0.15) is 12.0 Å². The first-order valence-electron chi connectivity index (χ1n) is 3.91. The summed E-state index contributed by atoms with van der Waals surface area (Å²) in [5, 5.41) is 8.53. The van der Waals surface area contributed by atoms with Crippen molar-refractivity contribution in [3.05, 3.63) is 35.9 Å². The molecule has 0 amide bonds. The van der Waals surface area contributed by atoms with E-state index in [0.717, 1.165) is 12.8 Å². The van der Waals surface area contributed by atoms with Crippen LogP contribution in [0, 0.1) is 0 Å². The van der Waals surface area contributed by atoms with Gasteiger partial charge in [0, 0.05) is 6.61 Å². The van der Waals surface area contributed by atoms with Crippen molar-refractivity contribution in [3.63, 3.8) is 0 Å². The first kappa shape index (κ1) is 11.6. The second-order valence-corrected chi connectivity index (χ2v) is 2.31. The summed E-state index contributed by atoms with van der Waals surface area (Å²) in [4.78, 5) is 0. The molecular weight excluding hydrogens is 169 g/mol. The molecule has 1 aromatic carbocycles. The molecule has 2 nitrogen and oxygen atoms in total. The highest BCUT2D eigenvalue weighted by molar-refractivity contribution is 7.13. The minimum Gasteiger partial charge on any atom is -0.396 e. The van der Waals surface area contributed by atoms with Crippen LogP contribution in [0.15, 0.2) is 30.3 Å². The minimum absolute atomic E-state index is 0.287. The molecule has 3 N–H and O–H groups in total. The van der Waals surface area contributed by atoms with Gasteiger partial charge in [0.15, 0.2) is 0 Å². The van der Waals surface area contributed by atoms with Gasteiger partial charge in [0.1, 0.15) is 0 Å². The lowest BCUT2D eigenvalue weighted by Crippen LogP contribution is -1.87. The Balaban J connectivity index is 0.000000561. The van der Waals surface area contributed by atoms with Gasteiger partial charge in [-0.1, -0.05) is 39.7 Å². The van der Waals surface area contributed by atoms with Crippen LogP contribution in [0.5, 0.6) is 0 Å². The number of hydrogen-bond donors (Lipinski definition) is 2. The quantitative estimate of drug-likeness (QED) is 0.698. The van der Waals surface area contributed by atoms with Crippen LogP contribution in [0.3, 0.4) is 0 Å². The molecule has 0 fully saturated rings. The lowest BCUT2D eigenvalue weighted by molar-refractivity contribution is 0.288. The highest BCUT2D eigenvalue weighted by Crippen LogP contribution is 2.00. The minimum atomic E-state index is 0.287. The zero-order chi connectivity index (χ0) is 9.23. The Morgan fingerprint density at radius 2 is 1.75 bits per heavy atom. The van der Waals surface area contributed by atoms with Crippen molar-refractivity contribution in [2.24, 2.45) is 5.50 Å². The van der Waals surface area contributed by atoms with Crippen LogP contribution < -0.4 is 5.50 Å². The zero-order valence-corrected chi connectivity index (χ0v) is 8.26. The first-order valence-corrected chi connectivity index (χ1v) is 4.58. The van der Waals surface area contributed by atoms with E-state index in [4.69, 9.17) is 5.11 Å². The third-order valence-electron chi connectivity index (χ3n) is 1.47. The second kappa shape index (κ2) is 8.66. The number of aryl methyl sites for hydroxylation is 1. The summed E-state index contributed by atoms with van der Waals surface area (Å²) in [7, 11) is 1.92. The number of nitrogens with two attached hydrogens (primary N) is 1. The SMILES string of the molecule is NP.OCCCc1ccccc1. The fraction of sp³-hybridized carbons (Fsp3) is 0.333. The molecule has 0 heterocycles. The molecule has 0 aliphatic rings. The van der Waals surface area contributed by atoms with Gasteiger partial charge < -0.3 is 10.6 Å². The average molecular weight is 185 g/mol.